The number of hydrogen-bond acceptors (Lipinski definition) is 7. The second-order valence-electron chi connectivity index (χ2n) is 6.52. The summed E-state index contributed by atoms with van der Waals surface area (Å²) in [5.74, 6) is -0.758. The highest BCUT2D eigenvalue weighted by Crippen LogP contribution is 2.36. The molecule has 1 amide bonds. The third-order valence-electron chi connectivity index (χ3n) is 4.12. The maximum atomic E-state index is 12.4. The number of non-ortho nitro benzene ring substituents is 1. The first-order valence-corrected chi connectivity index (χ1v) is 11.8. The Hall–Kier alpha value is -3.09. The maximum Gasteiger partial charge on any atom is 0.343 e. The second-order valence-corrected chi connectivity index (χ2v) is 9.14. The van der Waals surface area contributed by atoms with Crippen molar-refractivity contribution >= 4 is 71.6 Å². The Morgan fingerprint density at radius 3 is 2.35 bits per heavy atom. The fourth-order valence-electron chi connectivity index (χ4n) is 2.59. The number of benzene rings is 3. The second kappa shape index (κ2) is 11.9. The molecule has 0 heterocycles. The van der Waals surface area contributed by atoms with Crippen LogP contribution in [0.25, 0.3) is 0 Å². The number of halogens is 3. The predicted octanol–water partition coefficient (Wildman–Crippen LogP) is 5.63. The molecule has 3 aromatic rings. The summed E-state index contributed by atoms with van der Waals surface area (Å²) >= 11 is 10.0. The number of carbonyl (C=O) groups is 2. The van der Waals surface area contributed by atoms with Crippen molar-refractivity contribution in [2.45, 2.75) is 0 Å². The van der Waals surface area contributed by atoms with Crippen molar-refractivity contribution in [1.82, 2.24) is 5.43 Å². The van der Waals surface area contributed by atoms with Gasteiger partial charge in [-0.25, -0.2) is 10.2 Å². The molecule has 0 saturated heterocycles. The summed E-state index contributed by atoms with van der Waals surface area (Å²) in [6.45, 7) is -0.346. The van der Waals surface area contributed by atoms with Crippen molar-refractivity contribution < 1.29 is 24.0 Å². The lowest BCUT2D eigenvalue weighted by Gasteiger charge is -2.10. The van der Waals surface area contributed by atoms with E-state index in [2.05, 4.69) is 58.3 Å². The number of hydrogen-bond donors (Lipinski definition) is 1. The Bertz CT molecular complexity index is 1240. The molecule has 3 aromatic carbocycles. The van der Waals surface area contributed by atoms with E-state index in [0.717, 1.165) is 10.7 Å². The van der Waals surface area contributed by atoms with E-state index in [1.165, 1.54) is 18.2 Å². The van der Waals surface area contributed by atoms with Crippen molar-refractivity contribution in [3.63, 3.8) is 0 Å². The topological polar surface area (TPSA) is 120 Å². The molecule has 0 unspecified atom stereocenters. The first-order valence-electron chi connectivity index (χ1n) is 9.39. The van der Waals surface area contributed by atoms with E-state index in [1.807, 2.05) is 0 Å². The van der Waals surface area contributed by atoms with E-state index < -0.39 is 16.8 Å². The van der Waals surface area contributed by atoms with E-state index in [1.54, 1.807) is 42.5 Å². The van der Waals surface area contributed by atoms with Gasteiger partial charge in [-0.2, -0.15) is 5.10 Å². The minimum atomic E-state index is -0.646. The molecule has 0 aliphatic heterocycles. The molecule has 0 atom stereocenters. The lowest BCUT2D eigenvalue weighted by atomic mass is 10.2. The van der Waals surface area contributed by atoms with Crippen LogP contribution in [0.2, 0.25) is 0 Å². The van der Waals surface area contributed by atoms with E-state index >= 15 is 0 Å². The highest BCUT2D eigenvalue weighted by atomic mass is 79.9. The van der Waals surface area contributed by atoms with Crippen LogP contribution in [0, 0.1) is 10.1 Å². The summed E-state index contributed by atoms with van der Waals surface area (Å²) in [6.07, 6.45) is 1.14. The van der Waals surface area contributed by atoms with Crippen molar-refractivity contribution in [3.8, 4) is 11.5 Å². The summed E-state index contributed by atoms with van der Waals surface area (Å²) in [5.41, 5.74) is 2.46. The number of nitro groups is 1. The van der Waals surface area contributed by atoms with Gasteiger partial charge in [0.05, 0.1) is 25.6 Å². The molecule has 0 aliphatic rings. The Morgan fingerprint density at radius 1 is 1.03 bits per heavy atom. The summed E-state index contributed by atoms with van der Waals surface area (Å²) in [7, 11) is 0. The number of hydrazone groups is 1. The standard InChI is InChI=1S/C22H14Br3N3O6/c23-15-9-17(24)21(18(25)10-15)33-12-20(29)27-26-11-14-8-16(28(31)32)6-7-19(14)34-22(30)13-4-2-1-3-5-13/h1-11H,12H2,(H,27,29). The molecule has 0 radical (unpaired) electrons. The van der Waals surface area contributed by atoms with Gasteiger partial charge in [-0.1, -0.05) is 34.1 Å². The Labute approximate surface area is 218 Å². The average Bonchev–Trinajstić information content (AvgIpc) is 2.79. The minimum absolute atomic E-state index is 0.0384. The molecule has 1 N–H and O–H groups in total. The number of nitrogens with zero attached hydrogens (tertiary/aromatic N) is 2. The summed E-state index contributed by atoms with van der Waals surface area (Å²) in [4.78, 5) is 35.0. The minimum Gasteiger partial charge on any atom is -0.481 e. The number of nitrogens with one attached hydrogen (secondary N) is 1. The van der Waals surface area contributed by atoms with E-state index in [0.29, 0.717) is 20.3 Å². The van der Waals surface area contributed by atoms with Gasteiger partial charge in [0.15, 0.2) is 6.61 Å². The fourth-order valence-corrected chi connectivity index (χ4v) is 5.07. The fraction of sp³-hybridized carbons (Fsp3) is 0.0455. The van der Waals surface area contributed by atoms with Crippen molar-refractivity contribution in [1.29, 1.82) is 0 Å². The van der Waals surface area contributed by atoms with Gasteiger partial charge < -0.3 is 9.47 Å². The van der Waals surface area contributed by atoms with Gasteiger partial charge in [0.25, 0.3) is 11.6 Å². The maximum absolute atomic E-state index is 12.4. The average molecular weight is 656 g/mol. The molecule has 9 nitrogen and oxygen atoms in total. The van der Waals surface area contributed by atoms with Crippen LogP contribution < -0.4 is 14.9 Å². The summed E-state index contributed by atoms with van der Waals surface area (Å²) in [5, 5.41) is 14.9. The van der Waals surface area contributed by atoms with Gasteiger partial charge in [0.2, 0.25) is 0 Å². The zero-order chi connectivity index (χ0) is 24.7. The van der Waals surface area contributed by atoms with Crippen LogP contribution in [-0.2, 0) is 4.79 Å². The van der Waals surface area contributed by atoms with Gasteiger partial charge in [-0.3, -0.25) is 14.9 Å². The zero-order valence-corrected chi connectivity index (χ0v) is 21.8. The molecule has 3 rings (SSSR count). The largest absolute Gasteiger partial charge is 0.481 e. The van der Waals surface area contributed by atoms with Crippen LogP contribution in [0.5, 0.6) is 11.5 Å². The van der Waals surface area contributed by atoms with Gasteiger partial charge >= 0.3 is 5.97 Å². The molecule has 0 aliphatic carbocycles. The van der Waals surface area contributed by atoms with Crippen LogP contribution in [0.4, 0.5) is 5.69 Å². The molecule has 0 saturated carbocycles. The van der Waals surface area contributed by atoms with Gasteiger partial charge in [-0.15, -0.1) is 0 Å². The van der Waals surface area contributed by atoms with E-state index in [-0.39, 0.29) is 23.6 Å². The van der Waals surface area contributed by atoms with Gasteiger partial charge in [0, 0.05) is 22.2 Å². The smallest absolute Gasteiger partial charge is 0.343 e. The Morgan fingerprint density at radius 2 is 1.71 bits per heavy atom. The molecule has 0 fully saturated rings. The summed E-state index contributed by atoms with van der Waals surface area (Å²) in [6, 6.07) is 15.4. The van der Waals surface area contributed by atoms with Crippen LogP contribution in [0.15, 0.2) is 79.2 Å². The molecule has 34 heavy (non-hydrogen) atoms. The van der Waals surface area contributed by atoms with Crippen LogP contribution in [0.3, 0.4) is 0 Å². The number of esters is 1. The lowest BCUT2D eigenvalue weighted by Crippen LogP contribution is -2.24. The third kappa shape index (κ3) is 6.95. The van der Waals surface area contributed by atoms with Crippen molar-refractivity contribution in [3.05, 3.63) is 95.3 Å². The predicted molar refractivity (Wildman–Crippen MR) is 135 cm³/mol. The van der Waals surface area contributed by atoms with Gasteiger partial charge in [0.1, 0.15) is 11.5 Å². The molecule has 0 aromatic heterocycles. The third-order valence-corrected chi connectivity index (χ3v) is 5.76. The van der Waals surface area contributed by atoms with E-state index in [9.17, 15) is 19.7 Å². The first-order chi connectivity index (χ1) is 16.2. The monoisotopic (exact) mass is 653 g/mol. The SMILES string of the molecule is O=C(COc1c(Br)cc(Br)cc1Br)NN=Cc1cc([N+](=O)[O-])ccc1OC(=O)c1ccccc1. The zero-order valence-electron chi connectivity index (χ0n) is 17.0. The van der Waals surface area contributed by atoms with Crippen molar-refractivity contribution in [2.24, 2.45) is 5.10 Å². The number of nitro benzene ring substituents is 1. The highest BCUT2D eigenvalue weighted by Gasteiger charge is 2.15. The quantitative estimate of drug-likeness (QED) is 0.110. The summed E-state index contributed by atoms with van der Waals surface area (Å²) < 4.78 is 12.9. The number of amides is 1. The number of carbonyl (C=O) groups excluding carboxylic acids is 2. The molecule has 12 heteroatoms. The van der Waals surface area contributed by atoms with Crippen LogP contribution in [0.1, 0.15) is 15.9 Å². The Balaban J connectivity index is 1.70. The molecule has 0 spiro atoms. The number of rotatable bonds is 8. The molecular formula is C22H14Br3N3O6. The molecular weight excluding hydrogens is 642 g/mol. The number of ether oxygens (including phenoxy) is 2. The molecule has 174 valence electrons. The highest BCUT2D eigenvalue weighted by molar-refractivity contribution is 9.11. The van der Waals surface area contributed by atoms with Gasteiger partial charge in [-0.05, 0) is 62.2 Å². The van der Waals surface area contributed by atoms with Crippen molar-refractivity contribution in [2.75, 3.05) is 6.61 Å². The first kappa shape index (κ1) is 25.5. The van der Waals surface area contributed by atoms with Crippen LogP contribution in [-0.4, -0.2) is 29.6 Å². The lowest BCUT2D eigenvalue weighted by molar-refractivity contribution is -0.384. The molecule has 0 bridgehead atoms. The Kier molecular flexibility index (Phi) is 8.91. The normalized spacial score (nSPS) is 10.7. The van der Waals surface area contributed by atoms with E-state index in [4.69, 9.17) is 9.47 Å². The van der Waals surface area contributed by atoms with Crippen LogP contribution >= 0.6 is 47.8 Å².